The second-order valence-electron chi connectivity index (χ2n) is 13.6. The second-order valence-corrected chi connectivity index (χ2v) is 13.6. The van der Waals surface area contributed by atoms with Gasteiger partial charge in [0.2, 0.25) is 0 Å². The first kappa shape index (κ1) is 29.3. The molecule has 0 aliphatic heterocycles. The maximum absolute atomic E-state index is 6.91. The minimum absolute atomic E-state index is 0.278. The molecule has 9 aromatic rings. The molecule has 3 aromatic heterocycles. The summed E-state index contributed by atoms with van der Waals surface area (Å²) in [6.45, 7) is 9.15. The molecule has 6 aromatic carbocycles. The molecule has 49 heavy (non-hydrogen) atoms. The van der Waals surface area contributed by atoms with E-state index in [0.717, 1.165) is 66.7 Å². The predicted octanol–water partition coefficient (Wildman–Crippen LogP) is 12.9. The highest BCUT2D eigenvalue weighted by atomic mass is 16.3. The maximum atomic E-state index is 6.91. The molecular formula is C45H36N2O2. The third-order valence-electron chi connectivity index (χ3n) is 9.76. The van der Waals surface area contributed by atoms with Gasteiger partial charge in [0, 0.05) is 16.3 Å². The predicted molar refractivity (Wildman–Crippen MR) is 203 cm³/mol. The van der Waals surface area contributed by atoms with Gasteiger partial charge in [-0.1, -0.05) is 113 Å². The first-order chi connectivity index (χ1) is 24.0. The lowest BCUT2D eigenvalue weighted by atomic mass is 9.88. The summed E-state index contributed by atoms with van der Waals surface area (Å²) in [4.78, 5) is 5.35. The van der Waals surface area contributed by atoms with Crippen LogP contribution in [0.25, 0.3) is 83.5 Å². The van der Waals surface area contributed by atoms with Gasteiger partial charge in [-0.2, -0.15) is 0 Å². The van der Waals surface area contributed by atoms with Gasteiger partial charge in [-0.3, -0.25) is 4.57 Å². The number of rotatable bonds is 6. The van der Waals surface area contributed by atoms with Gasteiger partial charge in [0.1, 0.15) is 28.3 Å². The fourth-order valence-corrected chi connectivity index (χ4v) is 7.34. The highest BCUT2D eigenvalue weighted by Gasteiger charge is 2.26. The molecule has 4 heteroatoms. The molecule has 0 fully saturated rings. The molecule has 238 valence electrons. The summed E-state index contributed by atoms with van der Waals surface area (Å²) in [5.41, 5.74) is 12.7. The second kappa shape index (κ2) is 11.4. The Bertz CT molecular complexity index is 2630. The van der Waals surface area contributed by atoms with E-state index < -0.39 is 0 Å². The molecule has 0 unspecified atom stereocenters. The molecule has 0 N–H and O–H groups in total. The summed E-state index contributed by atoms with van der Waals surface area (Å²) in [5.74, 6) is 2.25. The van der Waals surface area contributed by atoms with Crippen LogP contribution in [0.2, 0.25) is 0 Å². The van der Waals surface area contributed by atoms with Crippen LogP contribution in [0, 0.1) is 0 Å². The fraction of sp³-hybridized carbons (Fsp3) is 0.133. The highest BCUT2D eigenvalue weighted by molar-refractivity contribution is 6.17. The topological polar surface area (TPSA) is 44.1 Å². The highest BCUT2D eigenvalue weighted by Crippen LogP contribution is 2.44. The van der Waals surface area contributed by atoms with Crippen molar-refractivity contribution in [1.29, 1.82) is 0 Å². The Kier molecular flexibility index (Phi) is 6.80. The van der Waals surface area contributed by atoms with Gasteiger partial charge in [0.15, 0.2) is 0 Å². The van der Waals surface area contributed by atoms with Gasteiger partial charge in [0.25, 0.3) is 0 Å². The van der Waals surface area contributed by atoms with E-state index in [4.69, 9.17) is 13.8 Å². The standard InChI is InChI=1S/C45H36N2O2/c1-27(2)35-24-31(29-14-7-5-8-15-29)25-36(28(3)4)42(35)47-39-21-12-11-20-38(39)46-45(47)34-19-13-18-32-33-22-23-40-37(44(33)49-43(32)34)26-41(48-40)30-16-9-6-10-17-30/h5-28H,1-4H3. The zero-order valence-corrected chi connectivity index (χ0v) is 28.1. The Morgan fingerprint density at radius 2 is 1.18 bits per heavy atom. The third-order valence-corrected chi connectivity index (χ3v) is 9.76. The van der Waals surface area contributed by atoms with E-state index in [0.29, 0.717) is 0 Å². The number of nitrogens with zero attached hydrogens (tertiary/aromatic N) is 2. The third kappa shape index (κ3) is 4.70. The molecule has 0 aliphatic rings. The minimum Gasteiger partial charge on any atom is -0.456 e. The van der Waals surface area contributed by atoms with Crippen LogP contribution in [-0.4, -0.2) is 9.55 Å². The van der Waals surface area contributed by atoms with Crippen LogP contribution in [0.5, 0.6) is 0 Å². The first-order valence-electron chi connectivity index (χ1n) is 17.1. The van der Waals surface area contributed by atoms with E-state index in [9.17, 15) is 0 Å². The zero-order chi connectivity index (χ0) is 33.2. The van der Waals surface area contributed by atoms with E-state index in [1.54, 1.807) is 0 Å². The number of hydrogen-bond donors (Lipinski definition) is 0. The Morgan fingerprint density at radius 3 is 1.90 bits per heavy atom. The van der Waals surface area contributed by atoms with Crippen molar-refractivity contribution in [3.8, 4) is 39.5 Å². The van der Waals surface area contributed by atoms with Crippen molar-refractivity contribution in [2.75, 3.05) is 0 Å². The number of para-hydroxylation sites is 3. The van der Waals surface area contributed by atoms with Crippen LogP contribution in [0.4, 0.5) is 0 Å². The van der Waals surface area contributed by atoms with Crippen molar-refractivity contribution in [3.05, 3.63) is 145 Å². The Morgan fingerprint density at radius 1 is 0.531 bits per heavy atom. The molecule has 0 saturated heterocycles. The fourth-order valence-electron chi connectivity index (χ4n) is 7.34. The summed E-state index contributed by atoms with van der Waals surface area (Å²) in [7, 11) is 0. The van der Waals surface area contributed by atoms with Gasteiger partial charge in [0.05, 0.1) is 27.7 Å². The lowest BCUT2D eigenvalue weighted by Crippen LogP contribution is -2.09. The molecule has 0 radical (unpaired) electrons. The van der Waals surface area contributed by atoms with E-state index >= 15 is 0 Å². The summed E-state index contributed by atoms with van der Waals surface area (Å²) in [6, 6.07) is 46.8. The molecular weight excluding hydrogens is 601 g/mol. The SMILES string of the molecule is CC(C)c1cc(-c2ccccc2)cc(C(C)C)c1-n1c(-c2cccc3c2oc2c4cc(-c5ccccc5)oc4ccc32)nc2ccccc21. The number of fused-ring (bicyclic) bond motifs is 6. The number of benzene rings is 6. The van der Waals surface area contributed by atoms with Crippen LogP contribution in [0.3, 0.4) is 0 Å². The number of furan rings is 2. The Hall–Kier alpha value is -5.87. The number of imidazole rings is 1. The van der Waals surface area contributed by atoms with Gasteiger partial charge in [-0.25, -0.2) is 4.98 Å². The molecule has 0 amide bonds. The van der Waals surface area contributed by atoms with E-state index in [1.807, 2.05) is 18.2 Å². The summed E-state index contributed by atoms with van der Waals surface area (Å²) in [6.07, 6.45) is 0. The average molecular weight is 637 g/mol. The monoisotopic (exact) mass is 636 g/mol. The van der Waals surface area contributed by atoms with Crippen molar-refractivity contribution in [3.63, 3.8) is 0 Å². The van der Waals surface area contributed by atoms with Gasteiger partial charge >= 0.3 is 0 Å². The quantitative estimate of drug-likeness (QED) is 0.182. The van der Waals surface area contributed by atoms with Crippen LogP contribution >= 0.6 is 0 Å². The van der Waals surface area contributed by atoms with Gasteiger partial charge < -0.3 is 8.83 Å². The van der Waals surface area contributed by atoms with Crippen LogP contribution in [0.1, 0.15) is 50.7 Å². The van der Waals surface area contributed by atoms with Gasteiger partial charge in [-0.15, -0.1) is 0 Å². The van der Waals surface area contributed by atoms with Crippen molar-refractivity contribution in [2.45, 2.75) is 39.5 Å². The van der Waals surface area contributed by atoms with Crippen molar-refractivity contribution in [1.82, 2.24) is 9.55 Å². The Labute approximate surface area is 285 Å². The smallest absolute Gasteiger partial charge is 0.149 e. The number of hydrogen-bond acceptors (Lipinski definition) is 3. The van der Waals surface area contributed by atoms with Crippen LogP contribution in [-0.2, 0) is 0 Å². The van der Waals surface area contributed by atoms with Crippen molar-refractivity contribution >= 4 is 43.9 Å². The van der Waals surface area contributed by atoms with Crippen LogP contribution in [0.15, 0.2) is 142 Å². The molecule has 4 nitrogen and oxygen atoms in total. The van der Waals surface area contributed by atoms with Crippen LogP contribution < -0.4 is 0 Å². The zero-order valence-electron chi connectivity index (χ0n) is 28.1. The summed E-state index contributed by atoms with van der Waals surface area (Å²) in [5, 5.41) is 3.08. The van der Waals surface area contributed by atoms with Crippen molar-refractivity contribution < 1.29 is 8.83 Å². The average Bonchev–Trinajstić information content (AvgIpc) is 3.85. The summed E-state index contributed by atoms with van der Waals surface area (Å²) < 4.78 is 15.6. The molecule has 9 rings (SSSR count). The molecule has 0 atom stereocenters. The first-order valence-corrected chi connectivity index (χ1v) is 17.1. The summed E-state index contributed by atoms with van der Waals surface area (Å²) >= 11 is 0. The molecule has 0 spiro atoms. The maximum Gasteiger partial charge on any atom is 0.149 e. The van der Waals surface area contributed by atoms with Crippen molar-refractivity contribution in [2.24, 2.45) is 0 Å². The normalized spacial score (nSPS) is 12.0. The lowest BCUT2D eigenvalue weighted by molar-refractivity contribution is 0.631. The van der Waals surface area contributed by atoms with Gasteiger partial charge in [-0.05, 0) is 82.6 Å². The minimum atomic E-state index is 0.278. The Balaban J connectivity index is 1.33. The van der Waals surface area contributed by atoms with E-state index in [-0.39, 0.29) is 11.8 Å². The molecule has 0 saturated carbocycles. The largest absolute Gasteiger partial charge is 0.456 e. The molecule has 0 aliphatic carbocycles. The van der Waals surface area contributed by atoms with E-state index in [2.05, 4.69) is 148 Å². The van der Waals surface area contributed by atoms with E-state index in [1.165, 1.54) is 27.9 Å². The molecule has 3 heterocycles. The lowest BCUT2D eigenvalue weighted by Gasteiger charge is -2.24. The number of aromatic nitrogens is 2. The molecule has 0 bridgehead atoms.